The molecule has 0 aromatic heterocycles. The summed E-state index contributed by atoms with van der Waals surface area (Å²) in [5.74, 6) is 0.888. The fourth-order valence-electron chi connectivity index (χ4n) is 2.41. The highest BCUT2D eigenvalue weighted by Gasteiger charge is 2.05. The van der Waals surface area contributed by atoms with Gasteiger partial charge in [0.1, 0.15) is 12.4 Å². The van der Waals surface area contributed by atoms with Gasteiger partial charge in [-0.2, -0.15) is 0 Å². The molecule has 0 bridgehead atoms. The first-order valence-electron chi connectivity index (χ1n) is 8.57. The molecule has 0 aliphatic carbocycles. The van der Waals surface area contributed by atoms with E-state index < -0.39 is 0 Å². The van der Waals surface area contributed by atoms with Crippen LogP contribution < -0.4 is 15.4 Å². The van der Waals surface area contributed by atoms with Crippen molar-refractivity contribution >= 4 is 36.4 Å². The molecule has 0 spiro atoms. The number of halogens is 3. The summed E-state index contributed by atoms with van der Waals surface area (Å²) in [6, 6.07) is 14.2. The SMILES string of the molecule is CCNCCCNCc1cc(Cl)ccc1OCc1ccc(C)cc1.Cl.Cl. The van der Waals surface area contributed by atoms with Crippen LogP contribution in [0, 0.1) is 6.92 Å². The molecule has 2 aromatic carbocycles. The molecule has 0 amide bonds. The van der Waals surface area contributed by atoms with Crippen LogP contribution in [0.15, 0.2) is 42.5 Å². The zero-order valence-corrected chi connectivity index (χ0v) is 17.8. The molecule has 146 valence electrons. The summed E-state index contributed by atoms with van der Waals surface area (Å²) in [6.45, 7) is 8.56. The molecule has 0 radical (unpaired) electrons. The number of hydrogen-bond acceptors (Lipinski definition) is 3. The van der Waals surface area contributed by atoms with Crippen molar-refractivity contribution in [2.75, 3.05) is 19.6 Å². The lowest BCUT2D eigenvalue weighted by Crippen LogP contribution is -2.21. The lowest BCUT2D eigenvalue weighted by atomic mass is 10.1. The van der Waals surface area contributed by atoms with Gasteiger partial charge < -0.3 is 15.4 Å². The number of rotatable bonds is 10. The maximum absolute atomic E-state index is 6.14. The van der Waals surface area contributed by atoms with E-state index in [1.807, 2.05) is 18.2 Å². The first-order valence-corrected chi connectivity index (χ1v) is 8.95. The van der Waals surface area contributed by atoms with Crippen LogP contribution in [-0.2, 0) is 13.2 Å². The molecule has 0 unspecified atom stereocenters. The summed E-state index contributed by atoms with van der Waals surface area (Å²) in [5.41, 5.74) is 3.52. The second-order valence-corrected chi connectivity index (χ2v) is 6.35. The third kappa shape index (κ3) is 9.11. The molecular formula is C20H29Cl3N2O. The van der Waals surface area contributed by atoms with Crippen molar-refractivity contribution in [3.8, 4) is 5.75 Å². The lowest BCUT2D eigenvalue weighted by Gasteiger charge is -2.13. The van der Waals surface area contributed by atoms with Gasteiger partial charge >= 0.3 is 0 Å². The van der Waals surface area contributed by atoms with Gasteiger partial charge in [-0.3, -0.25) is 0 Å². The van der Waals surface area contributed by atoms with E-state index in [-0.39, 0.29) is 24.8 Å². The fourth-order valence-corrected chi connectivity index (χ4v) is 2.61. The Morgan fingerprint density at radius 1 is 0.962 bits per heavy atom. The standard InChI is InChI=1S/C20H27ClN2O.2ClH/c1-3-22-11-4-12-23-14-18-13-19(21)9-10-20(18)24-15-17-7-5-16(2)6-8-17;;/h5-10,13,22-23H,3-4,11-12,14-15H2,1-2H3;2*1H. The van der Waals surface area contributed by atoms with Crippen molar-refractivity contribution in [3.05, 3.63) is 64.2 Å². The molecule has 6 heteroatoms. The largest absolute Gasteiger partial charge is 0.489 e. The summed E-state index contributed by atoms with van der Waals surface area (Å²) < 4.78 is 6.00. The Morgan fingerprint density at radius 2 is 1.65 bits per heavy atom. The van der Waals surface area contributed by atoms with E-state index in [0.29, 0.717) is 6.61 Å². The van der Waals surface area contributed by atoms with Crippen LogP contribution in [0.25, 0.3) is 0 Å². The number of ether oxygens (including phenoxy) is 1. The van der Waals surface area contributed by atoms with Gasteiger partial charge in [0.2, 0.25) is 0 Å². The van der Waals surface area contributed by atoms with Gasteiger partial charge in [-0.25, -0.2) is 0 Å². The average Bonchev–Trinajstić information content (AvgIpc) is 2.58. The quantitative estimate of drug-likeness (QED) is 0.522. The van der Waals surface area contributed by atoms with Crippen molar-refractivity contribution < 1.29 is 4.74 Å². The highest BCUT2D eigenvalue weighted by molar-refractivity contribution is 6.30. The van der Waals surface area contributed by atoms with Crippen molar-refractivity contribution in [2.24, 2.45) is 0 Å². The first-order chi connectivity index (χ1) is 11.7. The minimum atomic E-state index is 0. The maximum atomic E-state index is 6.14. The third-order valence-electron chi connectivity index (χ3n) is 3.81. The smallest absolute Gasteiger partial charge is 0.124 e. The fraction of sp³-hybridized carbons (Fsp3) is 0.400. The number of aryl methyl sites for hydroxylation is 1. The Hall–Kier alpha value is -0.970. The molecule has 2 rings (SSSR count). The molecule has 2 aromatic rings. The summed E-state index contributed by atoms with van der Waals surface area (Å²) in [7, 11) is 0. The zero-order chi connectivity index (χ0) is 17.2. The molecule has 0 aliphatic heterocycles. The zero-order valence-electron chi connectivity index (χ0n) is 15.4. The summed E-state index contributed by atoms with van der Waals surface area (Å²) >= 11 is 6.14. The van der Waals surface area contributed by atoms with Crippen LogP contribution >= 0.6 is 36.4 Å². The van der Waals surface area contributed by atoms with E-state index in [4.69, 9.17) is 16.3 Å². The highest BCUT2D eigenvalue weighted by atomic mass is 35.5. The van der Waals surface area contributed by atoms with E-state index in [0.717, 1.165) is 48.9 Å². The molecule has 2 N–H and O–H groups in total. The first kappa shape index (κ1) is 25.0. The second kappa shape index (κ2) is 14.1. The summed E-state index contributed by atoms with van der Waals surface area (Å²) in [5, 5.41) is 7.52. The molecule has 26 heavy (non-hydrogen) atoms. The van der Waals surface area contributed by atoms with E-state index in [2.05, 4.69) is 48.7 Å². The number of benzene rings is 2. The van der Waals surface area contributed by atoms with Crippen molar-refractivity contribution in [2.45, 2.75) is 33.4 Å². The molecule has 0 saturated heterocycles. The minimum Gasteiger partial charge on any atom is -0.489 e. The molecule has 0 fully saturated rings. The molecule has 3 nitrogen and oxygen atoms in total. The van der Waals surface area contributed by atoms with Gasteiger partial charge in [-0.05, 0) is 56.7 Å². The summed E-state index contributed by atoms with van der Waals surface area (Å²) in [6.07, 6.45) is 1.11. The van der Waals surface area contributed by atoms with Crippen LogP contribution in [0.1, 0.15) is 30.0 Å². The van der Waals surface area contributed by atoms with Crippen LogP contribution in [0.4, 0.5) is 0 Å². The minimum absolute atomic E-state index is 0. The third-order valence-corrected chi connectivity index (χ3v) is 4.05. The monoisotopic (exact) mass is 418 g/mol. The predicted octanol–water partition coefficient (Wildman–Crippen LogP) is 5.16. The van der Waals surface area contributed by atoms with Gasteiger partial charge in [0.05, 0.1) is 0 Å². The molecule has 0 heterocycles. The second-order valence-electron chi connectivity index (χ2n) is 5.91. The normalized spacial score (nSPS) is 9.96. The Bertz CT molecular complexity index is 621. The van der Waals surface area contributed by atoms with Crippen LogP contribution in [0.5, 0.6) is 5.75 Å². The molecule has 0 saturated carbocycles. The van der Waals surface area contributed by atoms with Gasteiger partial charge in [0.15, 0.2) is 0 Å². The van der Waals surface area contributed by atoms with Gasteiger partial charge in [-0.15, -0.1) is 24.8 Å². The highest BCUT2D eigenvalue weighted by Crippen LogP contribution is 2.24. The summed E-state index contributed by atoms with van der Waals surface area (Å²) in [4.78, 5) is 0. The van der Waals surface area contributed by atoms with E-state index in [9.17, 15) is 0 Å². The molecule has 0 atom stereocenters. The van der Waals surface area contributed by atoms with E-state index in [1.54, 1.807) is 0 Å². The Balaban J connectivity index is 0.00000312. The number of nitrogens with one attached hydrogen (secondary N) is 2. The van der Waals surface area contributed by atoms with Crippen molar-refractivity contribution in [3.63, 3.8) is 0 Å². The number of hydrogen-bond donors (Lipinski definition) is 2. The Kier molecular flexibility index (Phi) is 13.6. The van der Waals surface area contributed by atoms with Gasteiger partial charge in [0.25, 0.3) is 0 Å². The topological polar surface area (TPSA) is 33.3 Å². The maximum Gasteiger partial charge on any atom is 0.124 e. The van der Waals surface area contributed by atoms with E-state index in [1.165, 1.54) is 11.1 Å². The lowest BCUT2D eigenvalue weighted by molar-refractivity contribution is 0.302. The van der Waals surface area contributed by atoms with Gasteiger partial charge in [-0.1, -0.05) is 48.4 Å². The van der Waals surface area contributed by atoms with Crippen molar-refractivity contribution in [1.29, 1.82) is 0 Å². The Labute approximate surface area is 174 Å². The van der Waals surface area contributed by atoms with Gasteiger partial charge in [0, 0.05) is 17.1 Å². The van der Waals surface area contributed by atoms with Crippen LogP contribution in [0.3, 0.4) is 0 Å². The Morgan fingerprint density at radius 3 is 2.35 bits per heavy atom. The predicted molar refractivity (Wildman–Crippen MR) is 116 cm³/mol. The molecular weight excluding hydrogens is 391 g/mol. The molecule has 0 aliphatic rings. The van der Waals surface area contributed by atoms with Crippen LogP contribution in [-0.4, -0.2) is 19.6 Å². The van der Waals surface area contributed by atoms with Crippen molar-refractivity contribution in [1.82, 2.24) is 10.6 Å². The van der Waals surface area contributed by atoms with Crippen LogP contribution in [0.2, 0.25) is 5.02 Å². The van der Waals surface area contributed by atoms with E-state index >= 15 is 0 Å². The average molecular weight is 420 g/mol.